The maximum Gasteiger partial charge on any atom is 0.242 e. The molecule has 2 aromatic rings. The lowest BCUT2D eigenvalue weighted by Crippen LogP contribution is -2.52. The number of amides is 2. The van der Waals surface area contributed by atoms with Crippen molar-refractivity contribution in [2.75, 3.05) is 5.75 Å². The molecule has 9 heteroatoms. The predicted octanol–water partition coefficient (Wildman–Crippen LogP) is 6.87. The maximum atomic E-state index is 13.2. The molecule has 0 fully saturated rings. The van der Waals surface area contributed by atoms with Crippen molar-refractivity contribution in [3.05, 3.63) is 67.6 Å². The summed E-state index contributed by atoms with van der Waals surface area (Å²) in [6, 6.07) is 9.71. The van der Waals surface area contributed by atoms with E-state index in [1.807, 2.05) is 26.8 Å². The quantitative estimate of drug-likeness (QED) is 0.401. The molecule has 0 heterocycles. The summed E-state index contributed by atoms with van der Waals surface area (Å²) in [5.41, 5.74) is 1.06. The summed E-state index contributed by atoms with van der Waals surface area (Å²) in [5, 5.41) is 4.92. The molecular weight excluding hydrogens is 510 g/mol. The van der Waals surface area contributed by atoms with Crippen LogP contribution in [0.25, 0.3) is 0 Å². The molecule has 0 unspecified atom stereocenters. The van der Waals surface area contributed by atoms with Crippen molar-refractivity contribution in [3.63, 3.8) is 0 Å². The molecule has 0 radical (unpaired) electrons. The van der Waals surface area contributed by atoms with Crippen molar-refractivity contribution in [2.45, 2.75) is 51.6 Å². The molecule has 0 aromatic heterocycles. The van der Waals surface area contributed by atoms with E-state index in [1.165, 1.54) is 16.7 Å². The van der Waals surface area contributed by atoms with Crippen LogP contribution >= 0.6 is 58.2 Å². The Hall–Kier alpha value is -1.11. The maximum absolute atomic E-state index is 13.2. The van der Waals surface area contributed by atoms with Crippen LogP contribution in [0.3, 0.4) is 0 Å². The Bertz CT molecular complexity index is 959. The molecule has 2 aromatic carbocycles. The minimum Gasteiger partial charge on any atom is -0.350 e. The van der Waals surface area contributed by atoms with Gasteiger partial charge in [-0.15, -0.1) is 11.8 Å². The third kappa shape index (κ3) is 8.03. The van der Waals surface area contributed by atoms with Gasteiger partial charge in [-0.05, 0) is 57.5 Å². The Morgan fingerprint density at radius 2 is 1.66 bits per heavy atom. The van der Waals surface area contributed by atoms with Gasteiger partial charge in [0.05, 0.1) is 5.75 Å². The van der Waals surface area contributed by atoms with Crippen LogP contribution in [-0.2, 0) is 21.9 Å². The lowest BCUT2D eigenvalue weighted by molar-refractivity contribution is -0.139. The summed E-state index contributed by atoms with van der Waals surface area (Å²) in [7, 11) is 0. The second-order valence-electron chi connectivity index (χ2n) is 8.37. The van der Waals surface area contributed by atoms with Crippen molar-refractivity contribution in [1.29, 1.82) is 0 Å². The number of hydrogen-bond acceptors (Lipinski definition) is 3. The Kier molecular flexibility index (Phi) is 10.0. The fourth-order valence-electron chi connectivity index (χ4n) is 2.88. The Labute approximate surface area is 213 Å². The third-order valence-corrected chi connectivity index (χ3v) is 6.82. The Morgan fingerprint density at radius 3 is 2.22 bits per heavy atom. The van der Waals surface area contributed by atoms with E-state index >= 15 is 0 Å². The van der Waals surface area contributed by atoms with Crippen LogP contribution < -0.4 is 5.32 Å². The first-order valence-corrected chi connectivity index (χ1v) is 12.6. The van der Waals surface area contributed by atoms with Crippen LogP contribution in [0, 0.1) is 0 Å². The lowest BCUT2D eigenvalue weighted by Gasteiger charge is -2.32. The molecule has 174 valence electrons. The number of carbonyl (C=O) groups excluding carboxylic acids is 2. The Balaban J connectivity index is 2.18. The van der Waals surface area contributed by atoms with Crippen LogP contribution in [0.4, 0.5) is 0 Å². The molecule has 0 saturated heterocycles. The predicted molar refractivity (Wildman–Crippen MR) is 137 cm³/mol. The van der Waals surface area contributed by atoms with Gasteiger partial charge < -0.3 is 10.2 Å². The molecular formula is C23H26Cl4N2O2S. The van der Waals surface area contributed by atoms with Crippen LogP contribution in [0.15, 0.2) is 36.4 Å². The first-order valence-electron chi connectivity index (χ1n) is 9.95. The molecule has 4 nitrogen and oxygen atoms in total. The number of nitrogens with zero attached hydrogens (tertiary/aromatic N) is 1. The molecule has 1 N–H and O–H groups in total. The molecule has 0 saturated carbocycles. The highest BCUT2D eigenvalue weighted by atomic mass is 35.5. The molecule has 0 aliphatic carbocycles. The number of thioether (sulfide) groups is 1. The second-order valence-corrected chi connectivity index (χ2v) is 11.0. The zero-order valence-corrected chi connectivity index (χ0v) is 22.2. The minimum atomic E-state index is -0.714. The van der Waals surface area contributed by atoms with Crippen molar-refractivity contribution in [2.24, 2.45) is 0 Å². The van der Waals surface area contributed by atoms with Crippen molar-refractivity contribution in [1.82, 2.24) is 10.2 Å². The van der Waals surface area contributed by atoms with Crippen LogP contribution in [0.1, 0.15) is 38.8 Å². The van der Waals surface area contributed by atoms with Gasteiger partial charge in [0.15, 0.2) is 0 Å². The van der Waals surface area contributed by atoms with Crippen molar-refractivity contribution < 1.29 is 9.59 Å². The van der Waals surface area contributed by atoms with Crippen LogP contribution in [-0.4, -0.2) is 34.0 Å². The monoisotopic (exact) mass is 534 g/mol. The smallest absolute Gasteiger partial charge is 0.242 e. The van der Waals surface area contributed by atoms with E-state index in [0.29, 0.717) is 31.4 Å². The Morgan fingerprint density at radius 1 is 1.03 bits per heavy atom. The van der Waals surface area contributed by atoms with Gasteiger partial charge in [-0.2, -0.15) is 0 Å². The van der Waals surface area contributed by atoms with E-state index in [9.17, 15) is 9.59 Å². The van der Waals surface area contributed by atoms with E-state index in [4.69, 9.17) is 46.4 Å². The average molecular weight is 536 g/mol. The zero-order valence-electron chi connectivity index (χ0n) is 18.3. The number of halogens is 4. The molecule has 1 atom stereocenters. The highest BCUT2D eigenvalue weighted by Gasteiger charge is 2.29. The van der Waals surface area contributed by atoms with Gasteiger partial charge in [-0.3, -0.25) is 9.59 Å². The number of benzene rings is 2. The molecule has 0 bridgehead atoms. The van der Waals surface area contributed by atoms with Gasteiger partial charge >= 0.3 is 0 Å². The number of carbonyl (C=O) groups is 2. The van der Waals surface area contributed by atoms with Gasteiger partial charge in [0, 0.05) is 43.5 Å². The number of nitrogens with one attached hydrogen (secondary N) is 1. The first kappa shape index (κ1) is 27.1. The van der Waals surface area contributed by atoms with Crippen molar-refractivity contribution in [3.8, 4) is 0 Å². The zero-order chi connectivity index (χ0) is 24.1. The SMILES string of the molecule is C[C@H](C(=O)NC(C)(C)C)N(Cc1c(Cl)cccc1Cl)C(=O)CSCc1ccc(Cl)cc1Cl. The summed E-state index contributed by atoms with van der Waals surface area (Å²) in [4.78, 5) is 27.5. The summed E-state index contributed by atoms with van der Waals surface area (Å²) in [6.45, 7) is 7.49. The summed E-state index contributed by atoms with van der Waals surface area (Å²) >= 11 is 26.2. The molecule has 0 aliphatic heterocycles. The van der Waals surface area contributed by atoms with Crippen LogP contribution in [0.2, 0.25) is 20.1 Å². The van der Waals surface area contributed by atoms with Gasteiger partial charge in [-0.25, -0.2) is 0 Å². The normalized spacial score (nSPS) is 12.4. The third-order valence-electron chi connectivity index (χ3n) is 4.55. The lowest BCUT2D eigenvalue weighted by atomic mass is 10.1. The molecule has 0 spiro atoms. The van der Waals surface area contributed by atoms with Crippen LogP contribution in [0.5, 0.6) is 0 Å². The van der Waals surface area contributed by atoms with Crippen molar-refractivity contribution >= 4 is 70.0 Å². The summed E-state index contributed by atoms with van der Waals surface area (Å²) in [5.74, 6) is 0.242. The molecule has 0 aliphatic rings. The second kappa shape index (κ2) is 11.8. The topological polar surface area (TPSA) is 49.4 Å². The van der Waals surface area contributed by atoms with E-state index in [1.54, 1.807) is 37.3 Å². The highest BCUT2D eigenvalue weighted by molar-refractivity contribution is 7.99. The van der Waals surface area contributed by atoms with Gasteiger partial charge in [-0.1, -0.05) is 58.5 Å². The van der Waals surface area contributed by atoms with E-state index < -0.39 is 11.6 Å². The average Bonchev–Trinajstić information content (AvgIpc) is 2.67. The first-order chi connectivity index (χ1) is 14.9. The van der Waals surface area contributed by atoms with E-state index in [-0.39, 0.29) is 24.1 Å². The van der Waals surface area contributed by atoms with Gasteiger partial charge in [0.1, 0.15) is 6.04 Å². The number of hydrogen-bond donors (Lipinski definition) is 1. The summed E-state index contributed by atoms with van der Waals surface area (Å²) < 4.78 is 0. The molecule has 2 amide bonds. The number of rotatable bonds is 8. The fraction of sp³-hybridized carbons (Fsp3) is 0.391. The summed E-state index contributed by atoms with van der Waals surface area (Å²) in [6.07, 6.45) is 0. The fourth-order valence-corrected chi connectivity index (χ4v) is 4.87. The van der Waals surface area contributed by atoms with E-state index in [2.05, 4.69) is 5.32 Å². The minimum absolute atomic E-state index is 0.123. The van der Waals surface area contributed by atoms with E-state index in [0.717, 1.165) is 5.56 Å². The highest BCUT2D eigenvalue weighted by Crippen LogP contribution is 2.28. The molecule has 32 heavy (non-hydrogen) atoms. The van der Waals surface area contributed by atoms with Gasteiger partial charge in [0.25, 0.3) is 0 Å². The van der Waals surface area contributed by atoms with Gasteiger partial charge in [0.2, 0.25) is 11.8 Å². The standard InChI is InChI=1S/C23H26Cl4N2O2S/c1-14(22(31)28-23(2,3)4)29(11-17-18(25)6-5-7-19(17)26)21(30)13-32-12-15-8-9-16(24)10-20(15)27/h5-10,14H,11-13H2,1-4H3,(H,28,31)/t14-/m1/s1. The largest absolute Gasteiger partial charge is 0.350 e. The molecule has 2 rings (SSSR count).